The normalized spacial score (nSPS) is 16.6. The molecule has 0 amide bonds. The van der Waals surface area contributed by atoms with Gasteiger partial charge in [0.15, 0.2) is 5.65 Å². The fourth-order valence-corrected chi connectivity index (χ4v) is 3.91. The van der Waals surface area contributed by atoms with Crippen molar-refractivity contribution in [3.63, 3.8) is 0 Å². The zero-order valence-electron chi connectivity index (χ0n) is 15.9. The van der Waals surface area contributed by atoms with Crippen molar-refractivity contribution < 1.29 is 4.74 Å². The Morgan fingerprint density at radius 2 is 2.00 bits per heavy atom. The number of hydrogen-bond acceptors (Lipinski definition) is 8. The van der Waals surface area contributed by atoms with Gasteiger partial charge in [-0.2, -0.15) is 5.10 Å². The van der Waals surface area contributed by atoms with E-state index in [4.69, 9.17) is 10.5 Å². The Kier molecular flexibility index (Phi) is 5.07. The molecule has 1 aromatic carbocycles. The summed E-state index contributed by atoms with van der Waals surface area (Å²) in [6.07, 6.45) is 1.33. The maximum absolute atomic E-state index is 6.17. The molecular formula is C21H18BrN7O. The molecule has 1 fully saturated rings. The van der Waals surface area contributed by atoms with Crippen molar-refractivity contribution in [2.45, 2.75) is 6.10 Å². The Bertz CT molecular complexity index is 1210. The maximum Gasteiger partial charge on any atom is 0.165 e. The first kappa shape index (κ1) is 19.0. The minimum Gasteiger partial charge on any atom is -0.383 e. The molecule has 3 aromatic heterocycles. The number of nitrogens with one attached hydrogen (secondary N) is 1. The topological polar surface area (TPSA) is 112 Å². The molecule has 5 rings (SSSR count). The van der Waals surface area contributed by atoms with Gasteiger partial charge in [-0.15, -0.1) is 5.10 Å². The summed E-state index contributed by atoms with van der Waals surface area (Å²) in [6, 6.07) is 13.8. The van der Waals surface area contributed by atoms with Gasteiger partial charge in [0, 0.05) is 17.6 Å². The molecule has 150 valence electrons. The van der Waals surface area contributed by atoms with E-state index in [9.17, 15) is 0 Å². The number of halogens is 1. The van der Waals surface area contributed by atoms with Crippen LogP contribution in [0, 0.1) is 0 Å². The minimum atomic E-state index is -0.0883. The number of benzene rings is 1. The smallest absolute Gasteiger partial charge is 0.165 e. The molecule has 30 heavy (non-hydrogen) atoms. The molecule has 1 aliphatic rings. The average molecular weight is 464 g/mol. The molecule has 9 heteroatoms. The summed E-state index contributed by atoms with van der Waals surface area (Å²) in [5, 5.41) is 12.8. The van der Waals surface area contributed by atoms with Crippen LogP contribution in [0.15, 0.2) is 53.3 Å². The summed E-state index contributed by atoms with van der Waals surface area (Å²) in [5.41, 5.74) is 10.7. The summed E-state index contributed by atoms with van der Waals surface area (Å²) >= 11 is 3.53. The maximum atomic E-state index is 6.17. The summed E-state index contributed by atoms with van der Waals surface area (Å²) in [6.45, 7) is 2.25. The summed E-state index contributed by atoms with van der Waals surface area (Å²) in [5.74, 6) is 0.386. The van der Waals surface area contributed by atoms with Gasteiger partial charge in [0.2, 0.25) is 0 Å². The third-order valence-corrected chi connectivity index (χ3v) is 5.47. The number of fused-ring (bicyclic) bond motifs is 1. The summed E-state index contributed by atoms with van der Waals surface area (Å²) in [7, 11) is 0. The lowest BCUT2D eigenvalue weighted by Crippen LogP contribution is -2.33. The largest absolute Gasteiger partial charge is 0.383 e. The van der Waals surface area contributed by atoms with Gasteiger partial charge in [0.25, 0.3) is 0 Å². The van der Waals surface area contributed by atoms with Gasteiger partial charge in [0.1, 0.15) is 23.9 Å². The highest BCUT2D eigenvalue weighted by Gasteiger charge is 2.19. The van der Waals surface area contributed by atoms with E-state index in [1.807, 2.05) is 42.5 Å². The second-order valence-corrected chi connectivity index (χ2v) is 7.85. The SMILES string of the molecule is Nc1ncnc2nc(-c3ccc(C4CNCCO4)nn3)cc(-c3cccc(Br)c3)c12. The van der Waals surface area contributed by atoms with Crippen LogP contribution in [0.1, 0.15) is 11.8 Å². The Morgan fingerprint density at radius 3 is 2.77 bits per heavy atom. The van der Waals surface area contributed by atoms with E-state index < -0.39 is 0 Å². The summed E-state index contributed by atoms with van der Waals surface area (Å²) in [4.78, 5) is 13.2. The number of morpholine rings is 1. The molecule has 0 saturated carbocycles. The number of nitrogens with zero attached hydrogens (tertiary/aromatic N) is 5. The Balaban J connectivity index is 1.61. The van der Waals surface area contributed by atoms with E-state index >= 15 is 0 Å². The molecule has 0 spiro atoms. The van der Waals surface area contributed by atoms with E-state index in [2.05, 4.69) is 46.4 Å². The molecular weight excluding hydrogens is 446 g/mol. The number of hydrogen-bond donors (Lipinski definition) is 2. The lowest BCUT2D eigenvalue weighted by atomic mass is 10.0. The van der Waals surface area contributed by atoms with Gasteiger partial charge in [0.05, 0.1) is 23.4 Å². The highest BCUT2D eigenvalue weighted by Crippen LogP contribution is 2.34. The Hall–Kier alpha value is -3.01. The van der Waals surface area contributed by atoms with E-state index in [0.717, 1.165) is 34.4 Å². The molecule has 1 unspecified atom stereocenters. The molecule has 0 radical (unpaired) electrons. The number of aromatic nitrogens is 5. The monoisotopic (exact) mass is 463 g/mol. The van der Waals surface area contributed by atoms with Crippen molar-refractivity contribution >= 4 is 32.8 Å². The van der Waals surface area contributed by atoms with Crippen molar-refractivity contribution in [3.8, 4) is 22.5 Å². The van der Waals surface area contributed by atoms with Gasteiger partial charge in [-0.05, 0) is 41.5 Å². The van der Waals surface area contributed by atoms with Crippen LogP contribution in [0.25, 0.3) is 33.5 Å². The number of nitrogens with two attached hydrogens (primary N) is 1. The van der Waals surface area contributed by atoms with E-state index in [-0.39, 0.29) is 6.10 Å². The lowest BCUT2D eigenvalue weighted by Gasteiger charge is -2.22. The predicted octanol–water partition coefficient (Wildman–Crippen LogP) is 3.15. The van der Waals surface area contributed by atoms with Gasteiger partial charge in [-0.25, -0.2) is 15.0 Å². The Labute approximate surface area is 181 Å². The van der Waals surface area contributed by atoms with Crippen LogP contribution in [0.3, 0.4) is 0 Å². The van der Waals surface area contributed by atoms with E-state index in [0.29, 0.717) is 34.8 Å². The molecule has 0 aliphatic carbocycles. The molecule has 8 nitrogen and oxygen atoms in total. The van der Waals surface area contributed by atoms with Crippen LogP contribution in [-0.2, 0) is 4.74 Å². The van der Waals surface area contributed by atoms with Gasteiger partial charge < -0.3 is 15.8 Å². The van der Waals surface area contributed by atoms with Crippen molar-refractivity contribution in [2.24, 2.45) is 0 Å². The third kappa shape index (κ3) is 3.62. The average Bonchev–Trinajstić information content (AvgIpc) is 2.79. The highest BCUT2D eigenvalue weighted by atomic mass is 79.9. The number of anilines is 1. The number of rotatable bonds is 3. The molecule has 4 aromatic rings. The fourth-order valence-electron chi connectivity index (χ4n) is 3.51. The first-order valence-electron chi connectivity index (χ1n) is 9.52. The van der Waals surface area contributed by atoms with Crippen molar-refractivity contribution in [1.29, 1.82) is 0 Å². The third-order valence-electron chi connectivity index (χ3n) is 4.97. The molecule has 1 aliphatic heterocycles. The highest BCUT2D eigenvalue weighted by molar-refractivity contribution is 9.10. The second-order valence-electron chi connectivity index (χ2n) is 6.93. The molecule has 0 bridgehead atoms. The number of ether oxygens (including phenoxy) is 1. The quantitative estimate of drug-likeness (QED) is 0.476. The predicted molar refractivity (Wildman–Crippen MR) is 117 cm³/mol. The minimum absolute atomic E-state index is 0.0883. The first-order valence-corrected chi connectivity index (χ1v) is 10.3. The zero-order chi connectivity index (χ0) is 20.5. The van der Waals surface area contributed by atoms with Crippen molar-refractivity contribution in [3.05, 3.63) is 59.0 Å². The van der Waals surface area contributed by atoms with Crippen LogP contribution in [0.2, 0.25) is 0 Å². The van der Waals surface area contributed by atoms with E-state index in [1.165, 1.54) is 6.33 Å². The Morgan fingerprint density at radius 1 is 1.07 bits per heavy atom. The van der Waals surface area contributed by atoms with Crippen LogP contribution < -0.4 is 11.1 Å². The van der Waals surface area contributed by atoms with Crippen LogP contribution in [-0.4, -0.2) is 44.8 Å². The standard InChI is InChI=1S/C21H18BrN7O/c22-13-3-1-2-12(8-13)14-9-17(27-21-19(14)20(23)25-11-26-21)15-4-5-16(29-28-15)18-10-24-6-7-30-18/h1-5,8-9,11,18,24H,6-7,10H2,(H2,23,25,26,27). The molecule has 1 saturated heterocycles. The van der Waals surface area contributed by atoms with Crippen LogP contribution in [0.5, 0.6) is 0 Å². The molecule has 4 heterocycles. The lowest BCUT2D eigenvalue weighted by molar-refractivity contribution is 0.0245. The van der Waals surface area contributed by atoms with Crippen LogP contribution >= 0.6 is 15.9 Å². The zero-order valence-corrected chi connectivity index (χ0v) is 17.5. The second kappa shape index (κ2) is 8.02. The first-order chi connectivity index (χ1) is 14.7. The number of pyridine rings is 1. The van der Waals surface area contributed by atoms with Crippen LogP contribution in [0.4, 0.5) is 5.82 Å². The van der Waals surface area contributed by atoms with Gasteiger partial charge in [-0.3, -0.25) is 0 Å². The fraction of sp³-hybridized carbons (Fsp3) is 0.190. The van der Waals surface area contributed by atoms with Gasteiger partial charge in [-0.1, -0.05) is 28.1 Å². The molecule has 3 N–H and O–H groups in total. The molecule has 1 atom stereocenters. The van der Waals surface area contributed by atoms with E-state index in [1.54, 1.807) is 0 Å². The van der Waals surface area contributed by atoms with Gasteiger partial charge >= 0.3 is 0 Å². The van der Waals surface area contributed by atoms with Crippen molar-refractivity contribution in [1.82, 2.24) is 30.5 Å². The van der Waals surface area contributed by atoms with Crippen molar-refractivity contribution in [2.75, 3.05) is 25.4 Å². The summed E-state index contributed by atoms with van der Waals surface area (Å²) < 4.78 is 6.72. The number of nitrogen functional groups attached to an aromatic ring is 1.